The number of amides is 1. The van der Waals surface area contributed by atoms with Crippen LogP contribution in [0.1, 0.15) is 0 Å². The van der Waals surface area contributed by atoms with Crippen LogP contribution < -0.4 is 14.4 Å². The lowest BCUT2D eigenvalue weighted by Crippen LogP contribution is -2.50. The van der Waals surface area contributed by atoms with Gasteiger partial charge in [0.15, 0.2) is 12.4 Å². The van der Waals surface area contributed by atoms with E-state index in [2.05, 4.69) is 15.1 Å². The number of hydrogen-bond acceptors (Lipinski definition) is 6. The SMILES string of the molecule is COc1cccc(-c2ccc(N3CCN(C(=O)COc4ccc(F)cc4)CC3)nn2)c1. The molecule has 0 spiro atoms. The van der Waals surface area contributed by atoms with Crippen LogP contribution in [0.3, 0.4) is 0 Å². The van der Waals surface area contributed by atoms with Crippen molar-refractivity contribution in [3.05, 3.63) is 66.5 Å². The Kier molecular flexibility index (Phi) is 6.26. The van der Waals surface area contributed by atoms with Crippen LogP contribution in [-0.4, -0.2) is 60.9 Å². The van der Waals surface area contributed by atoms with E-state index in [0.29, 0.717) is 31.9 Å². The number of hydrogen-bond donors (Lipinski definition) is 0. The molecule has 1 aliphatic rings. The van der Waals surface area contributed by atoms with Gasteiger partial charge < -0.3 is 19.3 Å². The highest BCUT2D eigenvalue weighted by molar-refractivity contribution is 5.78. The Labute approximate surface area is 180 Å². The Morgan fingerprint density at radius 2 is 1.74 bits per heavy atom. The minimum Gasteiger partial charge on any atom is -0.497 e. The van der Waals surface area contributed by atoms with Crippen LogP contribution >= 0.6 is 0 Å². The van der Waals surface area contributed by atoms with Gasteiger partial charge in [-0.1, -0.05) is 12.1 Å². The van der Waals surface area contributed by atoms with Gasteiger partial charge in [-0.25, -0.2) is 4.39 Å². The summed E-state index contributed by atoms with van der Waals surface area (Å²) in [5.74, 6) is 1.59. The van der Waals surface area contributed by atoms with Crippen molar-refractivity contribution in [2.75, 3.05) is 44.8 Å². The standard InChI is InChI=1S/C23H23FN4O3/c1-30-20-4-2-3-17(15-20)21-9-10-22(26-25-21)27-11-13-28(14-12-27)23(29)16-31-19-7-5-18(24)6-8-19/h2-10,15H,11-14,16H2,1H3. The lowest BCUT2D eigenvalue weighted by molar-refractivity contribution is -0.133. The Morgan fingerprint density at radius 1 is 0.968 bits per heavy atom. The number of ether oxygens (including phenoxy) is 2. The average molecular weight is 422 g/mol. The van der Waals surface area contributed by atoms with E-state index in [1.54, 1.807) is 12.0 Å². The van der Waals surface area contributed by atoms with E-state index in [1.807, 2.05) is 36.4 Å². The summed E-state index contributed by atoms with van der Waals surface area (Å²) in [5.41, 5.74) is 1.71. The van der Waals surface area contributed by atoms with Crippen LogP contribution in [0, 0.1) is 5.82 Å². The van der Waals surface area contributed by atoms with Crippen molar-refractivity contribution in [2.45, 2.75) is 0 Å². The summed E-state index contributed by atoms with van der Waals surface area (Å²) in [5, 5.41) is 8.71. The summed E-state index contributed by atoms with van der Waals surface area (Å²) in [4.78, 5) is 16.3. The first-order valence-corrected chi connectivity index (χ1v) is 10.0. The summed E-state index contributed by atoms with van der Waals surface area (Å²) in [6, 6.07) is 17.2. The first-order valence-electron chi connectivity index (χ1n) is 10.0. The largest absolute Gasteiger partial charge is 0.497 e. The highest BCUT2D eigenvalue weighted by Gasteiger charge is 2.22. The number of rotatable bonds is 6. The van der Waals surface area contributed by atoms with E-state index >= 15 is 0 Å². The van der Waals surface area contributed by atoms with Gasteiger partial charge in [0.05, 0.1) is 12.8 Å². The van der Waals surface area contributed by atoms with Crippen molar-refractivity contribution in [1.29, 1.82) is 0 Å². The maximum Gasteiger partial charge on any atom is 0.260 e. The van der Waals surface area contributed by atoms with Crippen molar-refractivity contribution in [1.82, 2.24) is 15.1 Å². The van der Waals surface area contributed by atoms with Gasteiger partial charge in [0.25, 0.3) is 5.91 Å². The van der Waals surface area contributed by atoms with Gasteiger partial charge in [0.2, 0.25) is 0 Å². The number of carbonyl (C=O) groups excluding carboxylic acids is 1. The van der Waals surface area contributed by atoms with Gasteiger partial charge in [0.1, 0.15) is 17.3 Å². The summed E-state index contributed by atoms with van der Waals surface area (Å²) < 4.78 is 23.7. The Bertz CT molecular complexity index is 1020. The number of benzene rings is 2. The monoisotopic (exact) mass is 422 g/mol. The molecule has 31 heavy (non-hydrogen) atoms. The maximum atomic E-state index is 12.9. The van der Waals surface area contributed by atoms with E-state index in [1.165, 1.54) is 24.3 Å². The molecule has 0 saturated carbocycles. The number of halogens is 1. The fourth-order valence-electron chi connectivity index (χ4n) is 3.38. The van der Waals surface area contributed by atoms with Crippen LogP contribution in [0.2, 0.25) is 0 Å². The average Bonchev–Trinajstić information content (AvgIpc) is 2.84. The van der Waals surface area contributed by atoms with E-state index < -0.39 is 0 Å². The number of anilines is 1. The van der Waals surface area contributed by atoms with Crippen molar-refractivity contribution in [3.8, 4) is 22.8 Å². The molecule has 0 unspecified atom stereocenters. The van der Waals surface area contributed by atoms with Crippen molar-refractivity contribution in [3.63, 3.8) is 0 Å². The van der Waals surface area contributed by atoms with Gasteiger partial charge >= 0.3 is 0 Å². The predicted octanol–water partition coefficient (Wildman–Crippen LogP) is 3.02. The van der Waals surface area contributed by atoms with Gasteiger partial charge in [-0.15, -0.1) is 10.2 Å². The molecule has 0 aliphatic carbocycles. The molecule has 0 atom stereocenters. The quantitative estimate of drug-likeness (QED) is 0.608. The van der Waals surface area contributed by atoms with Crippen molar-refractivity contribution in [2.24, 2.45) is 0 Å². The molecule has 0 radical (unpaired) electrons. The molecule has 4 rings (SSSR count). The first-order chi connectivity index (χ1) is 15.1. The molecule has 1 amide bonds. The zero-order valence-electron chi connectivity index (χ0n) is 17.2. The first kappa shape index (κ1) is 20.6. The van der Waals surface area contributed by atoms with Gasteiger partial charge in [-0.2, -0.15) is 0 Å². The maximum absolute atomic E-state index is 12.9. The predicted molar refractivity (Wildman–Crippen MR) is 115 cm³/mol. The van der Waals surface area contributed by atoms with E-state index in [9.17, 15) is 9.18 Å². The summed E-state index contributed by atoms with van der Waals surface area (Å²) in [6.45, 7) is 2.40. The van der Waals surface area contributed by atoms with Gasteiger partial charge in [-0.3, -0.25) is 4.79 Å². The lowest BCUT2D eigenvalue weighted by atomic mass is 10.1. The molecule has 1 fully saturated rings. The molecule has 2 aromatic carbocycles. The molecular weight excluding hydrogens is 399 g/mol. The molecule has 2 heterocycles. The third-order valence-corrected chi connectivity index (χ3v) is 5.15. The summed E-state index contributed by atoms with van der Waals surface area (Å²) in [7, 11) is 1.63. The molecule has 1 aromatic heterocycles. The second kappa shape index (κ2) is 9.42. The molecule has 8 heteroatoms. The number of piperazine rings is 1. The number of nitrogens with zero attached hydrogens (tertiary/aromatic N) is 4. The lowest BCUT2D eigenvalue weighted by Gasteiger charge is -2.35. The number of carbonyl (C=O) groups is 1. The Balaban J connectivity index is 1.30. The second-order valence-corrected chi connectivity index (χ2v) is 7.12. The molecule has 7 nitrogen and oxygen atoms in total. The zero-order valence-corrected chi connectivity index (χ0v) is 17.2. The van der Waals surface area contributed by atoms with Crippen molar-refractivity contribution >= 4 is 11.7 Å². The summed E-state index contributed by atoms with van der Waals surface area (Å²) >= 11 is 0. The highest BCUT2D eigenvalue weighted by Crippen LogP contribution is 2.23. The second-order valence-electron chi connectivity index (χ2n) is 7.12. The Morgan fingerprint density at radius 3 is 2.42 bits per heavy atom. The fraction of sp³-hybridized carbons (Fsp3) is 0.261. The third kappa shape index (κ3) is 5.09. The molecule has 1 aliphatic heterocycles. The van der Waals surface area contributed by atoms with Gasteiger partial charge in [0, 0.05) is 31.7 Å². The molecule has 1 saturated heterocycles. The normalized spacial score (nSPS) is 13.7. The number of aromatic nitrogens is 2. The van der Waals surface area contributed by atoms with E-state index in [0.717, 1.165) is 22.8 Å². The molecule has 160 valence electrons. The van der Waals surface area contributed by atoms with Crippen molar-refractivity contribution < 1.29 is 18.7 Å². The minimum atomic E-state index is -0.338. The van der Waals surface area contributed by atoms with Crippen LogP contribution in [0.4, 0.5) is 10.2 Å². The number of methoxy groups -OCH3 is 1. The fourth-order valence-corrected chi connectivity index (χ4v) is 3.38. The minimum absolute atomic E-state index is 0.0688. The smallest absolute Gasteiger partial charge is 0.260 e. The third-order valence-electron chi connectivity index (χ3n) is 5.15. The molecule has 0 N–H and O–H groups in total. The van der Waals surface area contributed by atoms with Crippen LogP contribution in [0.15, 0.2) is 60.7 Å². The van der Waals surface area contributed by atoms with Crippen LogP contribution in [-0.2, 0) is 4.79 Å². The van der Waals surface area contributed by atoms with Crippen LogP contribution in [0.5, 0.6) is 11.5 Å². The van der Waals surface area contributed by atoms with Gasteiger partial charge in [-0.05, 0) is 48.5 Å². The highest BCUT2D eigenvalue weighted by atomic mass is 19.1. The molecule has 0 bridgehead atoms. The topological polar surface area (TPSA) is 67.8 Å². The zero-order chi connectivity index (χ0) is 21.6. The molecular formula is C23H23FN4O3. The van der Waals surface area contributed by atoms with E-state index in [4.69, 9.17) is 9.47 Å². The van der Waals surface area contributed by atoms with Crippen LogP contribution in [0.25, 0.3) is 11.3 Å². The van der Waals surface area contributed by atoms with E-state index in [-0.39, 0.29) is 18.3 Å². The molecule has 3 aromatic rings. The summed E-state index contributed by atoms with van der Waals surface area (Å²) in [6.07, 6.45) is 0. The Hall–Kier alpha value is -3.68.